The third-order valence-corrected chi connectivity index (χ3v) is 8.39. The number of hydrogen-bond acceptors (Lipinski definition) is 6. The van der Waals surface area contributed by atoms with Crippen molar-refractivity contribution in [2.75, 3.05) is 13.2 Å². The number of allylic oxidation sites excluding steroid dienone is 2. The maximum atomic E-state index is 11.1. The SMILES string of the molecule is CCCC[C@H](C)C[C@H](C=C[C@@H]1[C@@H](CC=CCCCC(=O)O)[C@@H](O)C[C@H]1OC1CCCCO1)OC1CCCCO1. The summed E-state index contributed by atoms with van der Waals surface area (Å²) in [4.78, 5) is 10.8. The van der Waals surface area contributed by atoms with E-state index in [9.17, 15) is 9.90 Å². The number of rotatable bonds is 17. The number of aliphatic hydroxyl groups excluding tert-OH is 1. The molecule has 0 aromatic heterocycles. The number of hydrogen-bond donors (Lipinski definition) is 2. The zero-order valence-corrected chi connectivity index (χ0v) is 24.4. The molecule has 0 spiro atoms. The molecule has 0 aromatic rings. The van der Waals surface area contributed by atoms with E-state index in [1.54, 1.807) is 0 Å². The van der Waals surface area contributed by atoms with Crippen LogP contribution in [0.2, 0.25) is 0 Å². The van der Waals surface area contributed by atoms with Gasteiger partial charge >= 0.3 is 5.97 Å². The first-order chi connectivity index (χ1) is 19.0. The molecule has 39 heavy (non-hydrogen) atoms. The molecule has 0 amide bonds. The standard InChI is InChI=1S/C32H54O7/c1-3-4-13-24(2)22-25(38-31-16-9-11-20-36-31)18-19-27-26(14-7-5-6-8-15-30(34)35)28(33)23-29(27)39-32-17-10-12-21-37-32/h5,7,18-19,24-29,31-33H,3-4,6,8-17,20-23H2,1-2H3,(H,34,35)/t24-,25-,26+,27+,28-,29+,31?,32?/m0/s1. The summed E-state index contributed by atoms with van der Waals surface area (Å²) in [7, 11) is 0. The van der Waals surface area contributed by atoms with Crippen LogP contribution in [-0.2, 0) is 23.7 Å². The summed E-state index contributed by atoms with van der Waals surface area (Å²) in [5, 5.41) is 20.0. The number of ether oxygens (including phenoxy) is 4. The Hall–Kier alpha value is -1.25. The lowest BCUT2D eigenvalue weighted by Gasteiger charge is -2.30. The summed E-state index contributed by atoms with van der Waals surface area (Å²) in [5.74, 6) is -0.109. The number of unbranched alkanes of at least 4 members (excludes halogenated alkanes) is 2. The van der Waals surface area contributed by atoms with Crippen LogP contribution in [0.25, 0.3) is 0 Å². The van der Waals surface area contributed by atoms with Crippen molar-refractivity contribution in [2.24, 2.45) is 17.8 Å². The fourth-order valence-electron chi connectivity index (χ4n) is 6.10. The van der Waals surface area contributed by atoms with Crippen molar-refractivity contribution in [3.8, 4) is 0 Å². The Morgan fingerprint density at radius 2 is 1.79 bits per heavy atom. The van der Waals surface area contributed by atoms with Crippen molar-refractivity contribution in [3.05, 3.63) is 24.3 Å². The minimum absolute atomic E-state index is 0.0310. The Morgan fingerprint density at radius 1 is 1.05 bits per heavy atom. The first-order valence-corrected chi connectivity index (χ1v) is 15.7. The summed E-state index contributed by atoms with van der Waals surface area (Å²) in [6.07, 6.45) is 21.4. The van der Waals surface area contributed by atoms with Crippen molar-refractivity contribution < 1.29 is 34.0 Å². The Bertz CT molecular complexity index is 726. The van der Waals surface area contributed by atoms with Gasteiger partial charge in [-0.3, -0.25) is 4.79 Å². The van der Waals surface area contributed by atoms with Gasteiger partial charge in [0.25, 0.3) is 0 Å². The lowest BCUT2D eigenvalue weighted by molar-refractivity contribution is -0.193. The van der Waals surface area contributed by atoms with E-state index in [2.05, 4.69) is 38.2 Å². The van der Waals surface area contributed by atoms with Crippen LogP contribution >= 0.6 is 0 Å². The van der Waals surface area contributed by atoms with Gasteiger partial charge in [-0.05, 0) is 76.0 Å². The molecule has 0 radical (unpaired) electrons. The van der Waals surface area contributed by atoms with Crippen LogP contribution in [-0.4, -0.2) is 60.3 Å². The zero-order chi connectivity index (χ0) is 27.9. The molecule has 7 heteroatoms. The fraction of sp³-hybridized carbons (Fsp3) is 0.844. The minimum atomic E-state index is -0.760. The average molecular weight is 551 g/mol. The second kappa shape index (κ2) is 18.2. The van der Waals surface area contributed by atoms with Crippen LogP contribution in [0.4, 0.5) is 0 Å². The molecule has 2 unspecified atom stereocenters. The molecule has 2 aliphatic heterocycles. The number of carbonyl (C=O) groups is 1. The van der Waals surface area contributed by atoms with Crippen molar-refractivity contribution >= 4 is 5.97 Å². The number of aliphatic carboxylic acids is 1. The fourth-order valence-corrected chi connectivity index (χ4v) is 6.10. The quantitative estimate of drug-likeness (QED) is 0.152. The third kappa shape index (κ3) is 12.0. The maximum absolute atomic E-state index is 11.1. The number of carboxylic acids is 1. The summed E-state index contributed by atoms with van der Waals surface area (Å²) in [6, 6.07) is 0. The molecule has 2 heterocycles. The molecule has 224 valence electrons. The highest BCUT2D eigenvalue weighted by atomic mass is 16.7. The first-order valence-electron chi connectivity index (χ1n) is 15.7. The summed E-state index contributed by atoms with van der Waals surface area (Å²) >= 11 is 0. The predicted molar refractivity (Wildman–Crippen MR) is 152 cm³/mol. The van der Waals surface area contributed by atoms with Gasteiger partial charge in [0.15, 0.2) is 12.6 Å². The molecule has 0 aromatic carbocycles. The van der Waals surface area contributed by atoms with E-state index in [-0.39, 0.29) is 43.0 Å². The minimum Gasteiger partial charge on any atom is -0.481 e. The van der Waals surface area contributed by atoms with Gasteiger partial charge in [0.1, 0.15) is 0 Å². The highest BCUT2D eigenvalue weighted by Gasteiger charge is 2.42. The highest BCUT2D eigenvalue weighted by Crippen LogP contribution is 2.40. The molecule has 1 aliphatic carbocycles. The van der Waals surface area contributed by atoms with Gasteiger partial charge in [0.05, 0.1) is 18.3 Å². The zero-order valence-electron chi connectivity index (χ0n) is 24.4. The van der Waals surface area contributed by atoms with E-state index in [1.165, 1.54) is 19.3 Å². The van der Waals surface area contributed by atoms with Crippen LogP contribution in [0, 0.1) is 17.8 Å². The van der Waals surface area contributed by atoms with Gasteiger partial charge in [0, 0.05) is 32.0 Å². The Balaban J connectivity index is 1.70. The second-order valence-corrected chi connectivity index (χ2v) is 11.8. The van der Waals surface area contributed by atoms with Gasteiger partial charge in [-0.1, -0.05) is 57.4 Å². The molecule has 0 bridgehead atoms. The second-order valence-electron chi connectivity index (χ2n) is 11.8. The largest absolute Gasteiger partial charge is 0.481 e. The Morgan fingerprint density at radius 3 is 2.46 bits per heavy atom. The van der Waals surface area contributed by atoms with E-state index >= 15 is 0 Å². The first kappa shape index (κ1) is 32.3. The summed E-state index contributed by atoms with van der Waals surface area (Å²) in [6.45, 7) is 6.04. The van der Waals surface area contributed by atoms with E-state index in [0.717, 1.165) is 71.0 Å². The van der Waals surface area contributed by atoms with Gasteiger partial charge in [-0.2, -0.15) is 0 Å². The molecule has 1 saturated carbocycles. The molecule has 3 rings (SSSR count). The highest BCUT2D eigenvalue weighted by molar-refractivity contribution is 5.66. The van der Waals surface area contributed by atoms with Crippen molar-refractivity contribution in [2.45, 2.75) is 141 Å². The topological polar surface area (TPSA) is 94.5 Å². The monoisotopic (exact) mass is 550 g/mol. The Kier molecular flexibility index (Phi) is 15.1. The molecule has 3 aliphatic rings. The number of aliphatic hydroxyl groups is 1. The predicted octanol–water partition coefficient (Wildman–Crippen LogP) is 6.78. The van der Waals surface area contributed by atoms with Crippen LogP contribution in [0.5, 0.6) is 0 Å². The van der Waals surface area contributed by atoms with Crippen molar-refractivity contribution in [1.82, 2.24) is 0 Å². The van der Waals surface area contributed by atoms with E-state index in [0.29, 0.717) is 18.8 Å². The van der Waals surface area contributed by atoms with Crippen molar-refractivity contribution in [3.63, 3.8) is 0 Å². The van der Waals surface area contributed by atoms with Gasteiger partial charge in [-0.15, -0.1) is 0 Å². The lowest BCUT2D eigenvalue weighted by atomic mass is 9.89. The smallest absolute Gasteiger partial charge is 0.303 e. The van der Waals surface area contributed by atoms with Crippen molar-refractivity contribution in [1.29, 1.82) is 0 Å². The molecule has 7 nitrogen and oxygen atoms in total. The maximum Gasteiger partial charge on any atom is 0.303 e. The molecule has 2 saturated heterocycles. The van der Waals surface area contributed by atoms with Crippen LogP contribution in [0.15, 0.2) is 24.3 Å². The molecular formula is C32H54O7. The average Bonchev–Trinajstić information content (AvgIpc) is 3.22. The van der Waals surface area contributed by atoms with Gasteiger partial charge < -0.3 is 29.2 Å². The Labute approximate surface area is 236 Å². The number of carboxylic acid groups (broad SMARTS) is 1. The van der Waals surface area contributed by atoms with Crippen LogP contribution < -0.4 is 0 Å². The molecule has 3 fully saturated rings. The normalized spacial score (nSPS) is 31.7. The van der Waals surface area contributed by atoms with Crippen LogP contribution in [0.3, 0.4) is 0 Å². The molecular weight excluding hydrogens is 496 g/mol. The van der Waals surface area contributed by atoms with E-state index in [1.807, 2.05) is 0 Å². The van der Waals surface area contributed by atoms with E-state index in [4.69, 9.17) is 24.1 Å². The molecule has 8 atom stereocenters. The lowest BCUT2D eigenvalue weighted by Crippen LogP contribution is -2.31. The summed E-state index contributed by atoms with van der Waals surface area (Å²) in [5.41, 5.74) is 0. The van der Waals surface area contributed by atoms with E-state index < -0.39 is 12.1 Å². The molecule has 2 N–H and O–H groups in total. The van der Waals surface area contributed by atoms with Crippen LogP contribution in [0.1, 0.15) is 110 Å². The van der Waals surface area contributed by atoms with Gasteiger partial charge in [-0.25, -0.2) is 0 Å². The summed E-state index contributed by atoms with van der Waals surface area (Å²) < 4.78 is 24.8. The van der Waals surface area contributed by atoms with Gasteiger partial charge in [0.2, 0.25) is 0 Å². The third-order valence-electron chi connectivity index (χ3n) is 8.39.